The minimum atomic E-state index is -0.0605. The summed E-state index contributed by atoms with van der Waals surface area (Å²) in [7, 11) is 5.39. The van der Waals surface area contributed by atoms with Gasteiger partial charge in [-0.3, -0.25) is 0 Å². The second-order valence-electron chi connectivity index (χ2n) is 16.1. The van der Waals surface area contributed by atoms with Crippen molar-refractivity contribution < 1.29 is 10.2 Å². The first-order chi connectivity index (χ1) is 24.6. The summed E-state index contributed by atoms with van der Waals surface area (Å²) in [5, 5.41) is 22.5. The van der Waals surface area contributed by atoms with Gasteiger partial charge in [-0.2, -0.15) is 0 Å². The van der Waals surface area contributed by atoms with E-state index in [0.29, 0.717) is 16.5 Å². The third-order valence-corrected chi connectivity index (χ3v) is 9.01. The Labute approximate surface area is 337 Å². The summed E-state index contributed by atoms with van der Waals surface area (Å²) in [5.41, 5.74) is 5.77. The molecule has 0 bridgehead atoms. The van der Waals surface area contributed by atoms with Crippen LogP contribution in [0.5, 0.6) is 11.5 Å². The van der Waals surface area contributed by atoms with E-state index in [4.69, 9.17) is 11.6 Å². The molecule has 0 aromatic heterocycles. The van der Waals surface area contributed by atoms with Crippen LogP contribution in [0.25, 0.3) is 11.1 Å². The van der Waals surface area contributed by atoms with E-state index < -0.39 is 0 Å². The summed E-state index contributed by atoms with van der Waals surface area (Å²) in [4.78, 5) is 0. The largest absolute Gasteiger partial charge is 0.508 e. The number of aromatic hydroxyl groups is 2. The van der Waals surface area contributed by atoms with Crippen LogP contribution in [0.15, 0.2) is 84.9 Å². The fourth-order valence-corrected chi connectivity index (χ4v) is 5.33. The Bertz CT molecular complexity index is 1450. The minimum absolute atomic E-state index is 0.00859. The van der Waals surface area contributed by atoms with E-state index in [2.05, 4.69) is 142 Å². The van der Waals surface area contributed by atoms with Gasteiger partial charge in [0.1, 0.15) is 11.5 Å². The molecule has 0 radical (unpaired) electrons. The van der Waals surface area contributed by atoms with Gasteiger partial charge in [0.2, 0.25) is 0 Å². The van der Waals surface area contributed by atoms with Crippen molar-refractivity contribution in [1.82, 2.24) is 0 Å². The summed E-state index contributed by atoms with van der Waals surface area (Å²) >= 11 is 5.81. The van der Waals surface area contributed by atoms with E-state index in [9.17, 15) is 10.2 Å². The molecule has 0 aliphatic carbocycles. The lowest BCUT2D eigenvalue weighted by Gasteiger charge is -2.25. The molecule has 4 aromatic rings. The molecule has 2 atom stereocenters. The molecule has 0 aliphatic rings. The zero-order chi connectivity index (χ0) is 41.4. The first-order valence-corrected chi connectivity index (χ1v) is 21.2. The van der Waals surface area contributed by atoms with Gasteiger partial charge in [0.05, 0.1) is 0 Å². The lowest BCUT2D eigenvalue weighted by Crippen LogP contribution is -2.16. The second-order valence-corrected chi connectivity index (χ2v) is 17.9. The number of unbranched alkanes of at least 4 members (excludes halogenated alkanes) is 4. The zero-order valence-electron chi connectivity index (χ0n) is 36.3. The highest BCUT2D eigenvalue weighted by Gasteiger charge is 2.22. The van der Waals surface area contributed by atoms with Crippen molar-refractivity contribution in [3.63, 3.8) is 0 Å². The van der Waals surface area contributed by atoms with Crippen LogP contribution >= 0.6 is 30.1 Å². The van der Waals surface area contributed by atoms with Gasteiger partial charge in [0.15, 0.2) is 0 Å². The lowest BCUT2D eigenvalue weighted by molar-refractivity contribution is 0.444. The smallest absolute Gasteiger partial charge is 0.119 e. The van der Waals surface area contributed by atoms with Crippen LogP contribution in [-0.2, 0) is 16.2 Å². The van der Waals surface area contributed by atoms with Gasteiger partial charge < -0.3 is 10.2 Å². The minimum Gasteiger partial charge on any atom is -0.508 e. The Morgan fingerprint density at radius 1 is 0.472 bits per heavy atom. The first-order valence-electron chi connectivity index (χ1n) is 19.7. The summed E-state index contributed by atoms with van der Waals surface area (Å²) < 4.78 is 0. The topological polar surface area (TPSA) is 40.5 Å². The third kappa shape index (κ3) is 23.2. The Hall–Kier alpha value is -2.37. The molecule has 2 unspecified atom stereocenters. The highest BCUT2D eigenvalue weighted by atomic mass is 35.5. The van der Waals surface area contributed by atoms with Gasteiger partial charge in [-0.1, -0.05) is 215 Å². The molecule has 0 aliphatic heterocycles. The molecule has 4 rings (SSSR count). The maximum absolute atomic E-state index is 9.84. The monoisotopic (exact) mass is 783 g/mol. The molecule has 0 amide bonds. The van der Waals surface area contributed by atoms with Crippen LogP contribution < -0.4 is 10.6 Å². The van der Waals surface area contributed by atoms with Crippen molar-refractivity contribution in [2.24, 2.45) is 0 Å². The van der Waals surface area contributed by atoms with Crippen molar-refractivity contribution in [2.75, 3.05) is 0 Å². The Balaban J connectivity index is 0. The van der Waals surface area contributed by atoms with Gasteiger partial charge >= 0.3 is 0 Å². The summed E-state index contributed by atoms with van der Waals surface area (Å²) in [5.74, 6) is 0.711. The van der Waals surface area contributed by atoms with Crippen LogP contribution in [-0.4, -0.2) is 10.2 Å². The first kappa shape index (κ1) is 52.7. The van der Waals surface area contributed by atoms with Crippen LogP contribution in [0.3, 0.4) is 0 Å². The molecule has 0 spiro atoms. The molecule has 53 heavy (non-hydrogen) atoms. The third-order valence-electron chi connectivity index (χ3n) is 8.01. The van der Waals surface area contributed by atoms with E-state index >= 15 is 0 Å². The molecule has 0 saturated carbocycles. The van der Waals surface area contributed by atoms with Crippen LogP contribution in [0.2, 0.25) is 5.02 Å². The van der Waals surface area contributed by atoms with E-state index in [1.54, 1.807) is 24.3 Å². The fraction of sp³-hybridized carbons (Fsp3) is 0.500. The average molecular weight is 784 g/mol. The average Bonchev–Trinajstić information content (AvgIpc) is 3.08. The zero-order valence-corrected chi connectivity index (χ0v) is 39.3. The Morgan fingerprint density at radius 3 is 1.06 bits per heavy atom. The molecule has 5 heteroatoms. The highest BCUT2D eigenvalue weighted by Crippen LogP contribution is 2.35. The lowest BCUT2D eigenvalue weighted by atomic mass is 9.80. The fourth-order valence-electron chi connectivity index (χ4n) is 4.77. The van der Waals surface area contributed by atoms with Gasteiger partial charge in [0, 0.05) is 10.6 Å². The van der Waals surface area contributed by atoms with E-state index in [-0.39, 0.29) is 16.2 Å². The van der Waals surface area contributed by atoms with E-state index in [0.717, 1.165) is 11.1 Å². The van der Waals surface area contributed by atoms with Gasteiger partial charge in [-0.15, -0.1) is 18.5 Å². The number of benzene rings is 4. The van der Waals surface area contributed by atoms with Crippen LogP contribution in [0, 0.1) is 0 Å². The number of phenolic OH excluding ortho intramolecular Hbond substituents is 2. The van der Waals surface area contributed by atoms with Gasteiger partial charge in [0.25, 0.3) is 0 Å². The summed E-state index contributed by atoms with van der Waals surface area (Å²) in [6.07, 6.45) is 8.15. The predicted molar refractivity (Wildman–Crippen MR) is 250 cm³/mol. The molecular weight excluding hydrogens is 706 g/mol. The van der Waals surface area contributed by atoms with Crippen molar-refractivity contribution in [2.45, 2.75) is 159 Å². The molecule has 0 fully saturated rings. The summed E-state index contributed by atoms with van der Waals surface area (Å²) in [6.45, 7) is 31.9. The normalized spacial score (nSPS) is 10.7. The second kappa shape index (κ2) is 27.2. The van der Waals surface area contributed by atoms with Crippen molar-refractivity contribution in [3.05, 3.63) is 107 Å². The number of phenols is 2. The van der Waals surface area contributed by atoms with Gasteiger partial charge in [-0.25, -0.2) is 0 Å². The van der Waals surface area contributed by atoms with E-state index in [1.807, 2.05) is 40.7 Å². The summed E-state index contributed by atoms with van der Waals surface area (Å²) in [6, 6.07) is 28.0. The van der Waals surface area contributed by atoms with Crippen molar-refractivity contribution in [3.8, 4) is 22.6 Å². The molecule has 2 N–H and O–H groups in total. The quantitative estimate of drug-likeness (QED) is 0.198. The van der Waals surface area contributed by atoms with E-state index in [1.165, 1.54) is 65.8 Å². The molecular formula is C48H77ClO2P2. The highest BCUT2D eigenvalue weighted by molar-refractivity contribution is 7.27. The maximum Gasteiger partial charge on any atom is 0.119 e. The maximum atomic E-state index is 9.84. The van der Waals surface area contributed by atoms with Crippen LogP contribution in [0.1, 0.15) is 159 Å². The molecule has 298 valence electrons. The standard InChI is InChI=1S/C14H22O.C12H12P2.C10H13ClO.2C5H12.C2H6/c1-13(2,3)10-7-8-12(15)11(9-10)14(4,5)6;13-11-5-1-9(2-6-11)10-3-7-12(14)8-4-10;1-10(2,3)8-6-7(11)4-5-9(8)12;2*1-3-5-4-2;1-2/h7-9,15H,1-6H3;1-8H,13-14H2;4-6,12H,1-3H3;2*3-5H2,1-2H3;1-2H3. The van der Waals surface area contributed by atoms with Crippen LogP contribution in [0.4, 0.5) is 0 Å². The number of halogens is 1. The Morgan fingerprint density at radius 2 is 0.792 bits per heavy atom. The number of hydrogen-bond acceptors (Lipinski definition) is 2. The number of hydrogen-bond donors (Lipinski definition) is 2. The van der Waals surface area contributed by atoms with Gasteiger partial charge in [-0.05, 0) is 73.4 Å². The van der Waals surface area contributed by atoms with Crippen molar-refractivity contribution >= 4 is 40.7 Å². The molecule has 4 aromatic carbocycles. The predicted octanol–water partition coefficient (Wildman–Crippen LogP) is 15.1. The molecule has 0 heterocycles. The SMILES string of the molecule is CC.CC(C)(C)c1cc(Cl)ccc1O.CC(C)(C)c1ccc(O)c(C(C)(C)C)c1.CCCCC.CCCCC.Pc1ccc(-c2ccc(P)cc2)cc1. The Kier molecular flexibility index (Phi) is 27.1. The molecule has 0 saturated heterocycles. The number of rotatable bonds is 5. The molecule has 2 nitrogen and oxygen atoms in total. The van der Waals surface area contributed by atoms with Crippen molar-refractivity contribution in [1.29, 1.82) is 0 Å².